The maximum atomic E-state index is 13.6. The molecule has 0 bridgehead atoms. The fraction of sp³-hybridized carbons (Fsp3) is 0.545. The molecular weight excluding hydrogens is 374 g/mol. The highest BCUT2D eigenvalue weighted by Crippen LogP contribution is 2.43. The molecule has 0 unspecified atom stereocenters. The molecule has 1 saturated carbocycles. The Labute approximate surface area is 171 Å². The van der Waals surface area contributed by atoms with E-state index in [0.717, 1.165) is 80.4 Å². The van der Waals surface area contributed by atoms with Gasteiger partial charge in [0.1, 0.15) is 5.76 Å². The van der Waals surface area contributed by atoms with Crippen molar-refractivity contribution in [3.63, 3.8) is 0 Å². The minimum absolute atomic E-state index is 0.296. The van der Waals surface area contributed by atoms with Crippen LogP contribution in [0, 0.1) is 13.8 Å². The van der Waals surface area contributed by atoms with Crippen LogP contribution < -0.4 is 0 Å². The van der Waals surface area contributed by atoms with Crippen molar-refractivity contribution in [2.75, 3.05) is 26.2 Å². The summed E-state index contributed by atoms with van der Waals surface area (Å²) >= 11 is 6.08. The van der Waals surface area contributed by atoms with Crippen LogP contribution >= 0.6 is 11.6 Å². The van der Waals surface area contributed by atoms with Gasteiger partial charge in [-0.2, -0.15) is 0 Å². The number of benzene rings is 1. The van der Waals surface area contributed by atoms with Crippen LogP contribution in [0.25, 0.3) is 0 Å². The lowest BCUT2D eigenvalue weighted by atomic mass is 9.77. The van der Waals surface area contributed by atoms with E-state index in [2.05, 4.69) is 15.0 Å². The zero-order chi connectivity index (χ0) is 19.7. The summed E-state index contributed by atoms with van der Waals surface area (Å²) in [5.74, 6) is 1.19. The Kier molecular flexibility index (Phi) is 5.48. The fourth-order valence-corrected chi connectivity index (χ4v) is 4.86. The number of aryl methyl sites for hydroxylation is 2. The predicted molar refractivity (Wildman–Crippen MR) is 109 cm³/mol. The van der Waals surface area contributed by atoms with Crippen LogP contribution in [-0.4, -0.2) is 47.0 Å². The van der Waals surface area contributed by atoms with Gasteiger partial charge < -0.3 is 9.42 Å². The van der Waals surface area contributed by atoms with E-state index in [1.54, 1.807) is 0 Å². The van der Waals surface area contributed by atoms with E-state index in [1.807, 2.05) is 38.1 Å². The standard InChI is InChI=1S/C22H28ClN3O2/c1-16-20(17(2)28-24-16)15-25-11-13-26(14-12-25)21(27)22(9-3-4-10-22)18-5-7-19(23)8-6-18/h5-8H,3-4,9-15H2,1-2H3. The lowest BCUT2D eigenvalue weighted by Gasteiger charge is -2.40. The van der Waals surface area contributed by atoms with Crippen LogP contribution in [0.1, 0.15) is 48.3 Å². The third kappa shape index (κ3) is 3.58. The summed E-state index contributed by atoms with van der Waals surface area (Å²) in [6.45, 7) is 8.10. The lowest BCUT2D eigenvalue weighted by molar-refractivity contribution is -0.139. The van der Waals surface area contributed by atoms with Crippen LogP contribution in [0.2, 0.25) is 5.02 Å². The number of nitrogens with zero attached hydrogens (tertiary/aromatic N) is 3. The smallest absolute Gasteiger partial charge is 0.233 e. The van der Waals surface area contributed by atoms with Crippen molar-refractivity contribution in [2.45, 2.75) is 51.5 Å². The first-order valence-electron chi connectivity index (χ1n) is 10.2. The highest BCUT2D eigenvalue weighted by atomic mass is 35.5. The van der Waals surface area contributed by atoms with Crippen molar-refractivity contribution in [1.82, 2.24) is 15.0 Å². The molecule has 28 heavy (non-hydrogen) atoms. The molecule has 1 aromatic heterocycles. The van der Waals surface area contributed by atoms with Gasteiger partial charge in [0.05, 0.1) is 11.1 Å². The van der Waals surface area contributed by atoms with E-state index in [0.29, 0.717) is 5.91 Å². The van der Waals surface area contributed by atoms with Crippen molar-refractivity contribution in [3.8, 4) is 0 Å². The van der Waals surface area contributed by atoms with Gasteiger partial charge in [-0.25, -0.2) is 0 Å². The van der Waals surface area contributed by atoms with Crippen molar-refractivity contribution >= 4 is 17.5 Å². The minimum atomic E-state index is -0.367. The SMILES string of the molecule is Cc1noc(C)c1CN1CCN(C(=O)C2(c3ccc(Cl)cc3)CCCC2)CC1. The maximum absolute atomic E-state index is 13.6. The van der Waals surface area contributed by atoms with Crippen LogP contribution in [-0.2, 0) is 16.8 Å². The second-order valence-corrected chi connectivity index (χ2v) is 8.60. The van der Waals surface area contributed by atoms with Gasteiger partial charge in [-0.05, 0) is 44.4 Å². The summed E-state index contributed by atoms with van der Waals surface area (Å²) in [6.07, 6.45) is 4.10. The molecule has 0 spiro atoms. The average molecular weight is 402 g/mol. The van der Waals surface area contributed by atoms with Gasteiger partial charge in [-0.3, -0.25) is 9.69 Å². The van der Waals surface area contributed by atoms with Gasteiger partial charge in [-0.1, -0.05) is 41.7 Å². The summed E-state index contributed by atoms with van der Waals surface area (Å²) < 4.78 is 5.28. The number of hydrogen-bond acceptors (Lipinski definition) is 4. The van der Waals surface area contributed by atoms with Crippen molar-refractivity contribution in [2.24, 2.45) is 0 Å². The van der Waals surface area contributed by atoms with Crippen molar-refractivity contribution in [1.29, 1.82) is 0 Å². The molecule has 150 valence electrons. The van der Waals surface area contributed by atoms with E-state index in [9.17, 15) is 4.79 Å². The first kappa shape index (κ1) is 19.5. The number of amides is 1. The number of halogens is 1. The fourth-order valence-electron chi connectivity index (χ4n) is 4.74. The summed E-state index contributed by atoms with van der Waals surface area (Å²) in [5, 5.41) is 4.77. The highest BCUT2D eigenvalue weighted by Gasteiger charge is 2.45. The largest absolute Gasteiger partial charge is 0.361 e. The first-order chi connectivity index (χ1) is 13.5. The molecule has 1 aliphatic carbocycles. The Morgan fingerprint density at radius 3 is 2.32 bits per heavy atom. The molecule has 5 nitrogen and oxygen atoms in total. The third-order valence-corrected chi connectivity index (χ3v) is 6.74. The summed E-state index contributed by atoms with van der Waals surface area (Å²) in [4.78, 5) is 18.1. The zero-order valence-electron chi connectivity index (χ0n) is 16.7. The van der Waals surface area contributed by atoms with Gasteiger partial charge in [0, 0.05) is 43.3 Å². The number of hydrogen-bond donors (Lipinski definition) is 0. The Morgan fingerprint density at radius 2 is 1.75 bits per heavy atom. The Bertz CT molecular complexity index is 812. The number of carbonyl (C=O) groups excluding carboxylic acids is 1. The second-order valence-electron chi connectivity index (χ2n) is 8.17. The topological polar surface area (TPSA) is 49.6 Å². The van der Waals surface area contributed by atoms with Gasteiger partial charge >= 0.3 is 0 Å². The van der Waals surface area contributed by atoms with E-state index in [-0.39, 0.29) is 5.41 Å². The summed E-state index contributed by atoms with van der Waals surface area (Å²) in [5.41, 5.74) is 2.89. The van der Waals surface area contributed by atoms with Gasteiger partial charge in [-0.15, -0.1) is 0 Å². The lowest BCUT2D eigenvalue weighted by Crippen LogP contribution is -2.53. The Hall–Kier alpha value is -1.85. The maximum Gasteiger partial charge on any atom is 0.233 e. The molecule has 1 aromatic carbocycles. The molecule has 2 fully saturated rings. The molecule has 2 aliphatic rings. The molecule has 4 rings (SSSR count). The summed E-state index contributed by atoms with van der Waals surface area (Å²) in [6, 6.07) is 7.90. The van der Waals surface area contributed by atoms with Crippen molar-refractivity contribution in [3.05, 3.63) is 51.9 Å². The van der Waals surface area contributed by atoms with Gasteiger partial charge in [0.15, 0.2) is 0 Å². The minimum Gasteiger partial charge on any atom is -0.361 e. The zero-order valence-corrected chi connectivity index (χ0v) is 17.5. The van der Waals surface area contributed by atoms with Crippen molar-refractivity contribution < 1.29 is 9.32 Å². The van der Waals surface area contributed by atoms with Gasteiger partial charge in [0.2, 0.25) is 5.91 Å². The van der Waals surface area contributed by atoms with E-state index >= 15 is 0 Å². The molecule has 1 aliphatic heterocycles. The second kappa shape index (κ2) is 7.88. The molecule has 1 amide bonds. The molecule has 0 radical (unpaired) electrons. The quantitative estimate of drug-likeness (QED) is 0.773. The molecule has 1 saturated heterocycles. The van der Waals surface area contributed by atoms with Crippen LogP contribution in [0.4, 0.5) is 0 Å². The monoisotopic (exact) mass is 401 g/mol. The number of rotatable bonds is 4. The Balaban J connectivity index is 1.44. The molecule has 0 atom stereocenters. The van der Waals surface area contributed by atoms with E-state index in [4.69, 9.17) is 16.1 Å². The number of piperazine rings is 1. The van der Waals surface area contributed by atoms with Crippen LogP contribution in [0.15, 0.2) is 28.8 Å². The first-order valence-corrected chi connectivity index (χ1v) is 10.6. The summed E-state index contributed by atoms with van der Waals surface area (Å²) in [7, 11) is 0. The molecule has 2 heterocycles. The Morgan fingerprint density at radius 1 is 1.11 bits per heavy atom. The van der Waals surface area contributed by atoms with Crippen LogP contribution in [0.3, 0.4) is 0 Å². The third-order valence-electron chi connectivity index (χ3n) is 6.49. The van der Waals surface area contributed by atoms with Crippen LogP contribution in [0.5, 0.6) is 0 Å². The van der Waals surface area contributed by atoms with E-state index < -0.39 is 0 Å². The highest BCUT2D eigenvalue weighted by molar-refractivity contribution is 6.30. The van der Waals surface area contributed by atoms with Gasteiger partial charge in [0.25, 0.3) is 0 Å². The molecule has 0 N–H and O–H groups in total. The predicted octanol–water partition coefficient (Wildman–Crippen LogP) is 4.10. The number of aromatic nitrogens is 1. The average Bonchev–Trinajstić information content (AvgIpc) is 3.32. The molecule has 2 aromatic rings. The molecular formula is C22H28ClN3O2. The number of carbonyl (C=O) groups is 1. The normalized spacial score (nSPS) is 19.9. The van der Waals surface area contributed by atoms with E-state index in [1.165, 1.54) is 5.56 Å². The molecule has 6 heteroatoms.